The van der Waals surface area contributed by atoms with Gasteiger partial charge in [0.25, 0.3) is 5.91 Å². The van der Waals surface area contributed by atoms with Gasteiger partial charge in [-0.2, -0.15) is 0 Å². The van der Waals surface area contributed by atoms with Crippen molar-refractivity contribution in [3.05, 3.63) is 70.2 Å². The van der Waals surface area contributed by atoms with E-state index in [0.29, 0.717) is 22.0 Å². The second-order valence-corrected chi connectivity index (χ2v) is 6.87. The van der Waals surface area contributed by atoms with Crippen LogP contribution in [-0.4, -0.2) is 11.0 Å². The Labute approximate surface area is 149 Å². The number of benzene rings is 3. The summed E-state index contributed by atoms with van der Waals surface area (Å²) in [6, 6.07) is 16.8. The van der Waals surface area contributed by atoms with Gasteiger partial charge < -0.3 is 5.11 Å². The summed E-state index contributed by atoms with van der Waals surface area (Å²) in [4.78, 5) is 14.3. The van der Waals surface area contributed by atoms with Crippen molar-refractivity contribution in [3.8, 4) is 0 Å². The molecule has 0 radical (unpaired) electrons. The highest BCUT2D eigenvalue weighted by Crippen LogP contribution is 2.48. The van der Waals surface area contributed by atoms with Crippen molar-refractivity contribution in [1.29, 1.82) is 0 Å². The first kappa shape index (κ1) is 15.5. The van der Waals surface area contributed by atoms with E-state index in [-0.39, 0.29) is 5.02 Å². The lowest BCUT2D eigenvalue weighted by atomic mass is 9.98. The van der Waals surface area contributed by atoms with Crippen LogP contribution in [0.15, 0.2) is 54.6 Å². The Morgan fingerprint density at radius 1 is 1.00 bits per heavy atom. The van der Waals surface area contributed by atoms with Gasteiger partial charge in [0.2, 0.25) is 0 Å². The molecule has 1 aliphatic rings. The van der Waals surface area contributed by atoms with E-state index in [1.165, 1.54) is 17.9 Å². The van der Waals surface area contributed by atoms with Gasteiger partial charge in [-0.05, 0) is 42.0 Å². The van der Waals surface area contributed by atoms with Crippen molar-refractivity contribution in [1.82, 2.24) is 0 Å². The van der Waals surface area contributed by atoms with Crippen molar-refractivity contribution in [2.45, 2.75) is 12.5 Å². The second kappa shape index (κ2) is 5.21. The van der Waals surface area contributed by atoms with Gasteiger partial charge in [-0.15, -0.1) is 0 Å². The van der Waals surface area contributed by atoms with Crippen LogP contribution in [0.5, 0.6) is 0 Å². The molecule has 3 nitrogen and oxygen atoms in total. The number of hydrogen-bond donors (Lipinski definition) is 1. The number of halogens is 2. The fourth-order valence-electron chi connectivity index (χ4n) is 3.22. The number of anilines is 2. The molecule has 1 heterocycles. The summed E-state index contributed by atoms with van der Waals surface area (Å²) in [5.74, 6) is -0.447. The predicted molar refractivity (Wildman–Crippen MR) is 97.1 cm³/mol. The number of carbonyl (C=O) groups excluding carboxylic acids is 1. The minimum Gasteiger partial charge on any atom is -0.375 e. The molecule has 3 aromatic rings. The van der Waals surface area contributed by atoms with E-state index in [2.05, 4.69) is 0 Å². The average Bonchev–Trinajstić information content (AvgIpc) is 2.73. The zero-order valence-corrected chi connectivity index (χ0v) is 14.3. The Balaban J connectivity index is 1.97. The van der Waals surface area contributed by atoms with Crippen LogP contribution >= 0.6 is 23.2 Å². The van der Waals surface area contributed by atoms with E-state index < -0.39 is 11.5 Å². The van der Waals surface area contributed by atoms with Gasteiger partial charge in [0.1, 0.15) is 0 Å². The van der Waals surface area contributed by atoms with E-state index in [1.807, 2.05) is 42.5 Å². The molecule has 120 valence electrons. The Hall–Kier alpha value is -2.07. The molecule has 24 heavy (non-hydrogen) atoms. The zero-order chi connectivity index (χ0) is 17.1. The highest BCUT2D eigenvalue weighted by atomic mass is 35.5. The zero-order valence-electron chi connectivity index (χ0n) is 12.8. The van der Waals surface area contributed by atoms with Gasteiger partial charge >= 0.3 is 0 Å². The van der Waals surface area contributed by atoms with E-state index >= 15 is 0 Å². The molecule has 1 atom stereocenters. The molecule has 4 rings (SSSR count). The summed E-state index contributed by atoms with van der Waals surface area (Å²) in [6.07, 6.45) is 0. The molecule has 0 aliphatic carbocycles. The maximum atomic E-state index is 12.9. The maximum Gasteiger partial charge on any atom is 0.267 e. The second-order valence-electron chi connectivity index (χ2n) is 6.03. The lowest BCUT2D eigenvalue weighted by molar-refractivity contribution is -0.133. The van der Waals surface area contributed by atoms with Crippen molar-refractivity contribution >= 4 is 51.3 Å². The molecule has 1 N–H and O–H groups in total. The van der Waals surface area contributed by atoms with Crippen molar-refractivity contribution in [2.24, 2.45) is 0 Å². The van der Waals surface area contributed by atoms with Gasteiger partial charge in [0.05, 0.1) is 10.7 Å². The lowest BCUT2D eigenvalue weighted by Crippen LogP contribution is -2.35. The molecule has 0 aromatic heterocycles. The van der Waals surface area contributed by atoms with E-state index in [0.717, 1.165) is 10.8 Å². The molecule has 1 unspecified atom stereocenters. The summed E-state index contributed by atoms with van der Waals surface area (Å²) in [6.45, 7) is 1.45. The summed E-state index contributed by atoms with van der Waals surface area (Å²) < 4.78 is 0. The monoisotopic (exact) mass is 357 g/mol. The highest BCUT2D eigenvalue weighted by Gasteiger charge is 2.48. The van der Waals surface area contributed by atoms with Crippen LogP contribution in [0.1, 0.15) is 12.5 Å². The van der Waals surface area contributed by atoms with Crippen LogP contribution < -0.4 is 4.90 Å². The van der Waals surface area contributed by atoms with E-state index in [9.17, 15) is 9.90 Å². The lowest BCUT2D eigenvalue weighted by Gasteiger charge is -2.20. The molecule has 0 fully saturated rings. The third kappa shape index (κ3) is 2.13. The fourth-order valence-corrected chi connectivity index (χ4v) is 3.89. The third-order valence-corrected chi connectivity index (χ3v) is 4.89. The fraction of sp³-hybridized carbons (Fsp3) is 0.105. The molecule has 0 saturated carbocycles. The quantitative estimate of drug-likeness (QED) is 0.663. The topological polar surface area (TPSA) is 40.5 Å². The Morgan fingerprint density at radius 3 is 2.46 bits per heavy atom. The van der Waals surface area contributed by atoms with Crippen molar-refractivity contribution in [2.75, 3.05) is 4.90 Å². The van der Waals surface area contributed by atoms with Gasteiger partial charge in [0.15, 0.2) is 5.60 Å². The minimum atomic E-state index is -1.69. The van der Waals surface area contributed by atoms with Gasteiger partial charge in [-0.3, -0.25) is 9.69 Å². The highest BCUT2D eigenvalue weighted by molar-refractivity contribution is 6.37. The van der Waals surface area contributed by atoms with Crippen molar-refractivity contribution < 1.29 is 9.90 Å². The molecular formula is C19H13Cl2NO2. The van der Waals surface area contributed by atoms with E-state index in [4.69, 9.17) is 23.2 Å². The molecule has 0 bridgehead atoms. The van der Waals surface area contributed by atoms with Crippen LogP contribution in [0.3, 0.4) is 0 Å². The summed E-state index contributed by atoms with van der Waals surface area (Å²) in [5, 5.41) is 13.5. The third-order valence-electron chi connectivity index (χ3n) is 4.37. The maximum absolute atomic E-state index is 12.9. The number of nitrogens with zero attached hydrogens (tertiary/aromatic N) is 1. The molecule has 3 aromatic carbocycles. The predicted octanol–water partition coefficient (Wildman–Crippen LogP) is 5.03. The summed E-state index contributed by atoms with van der Waals surface area (Å²) in [5.41, 5.74) is -0.136. The van der Waals surface area contributed by atoms with E-state index in [1.54, 1.807) is 6.07 Å². The largest absolute Gasteiger partial charge is 0.375 e. The number of fused-ring (bicyclic) bond motifs is 2. The molecular weight excluding hydrogens is 345 g/mol. The Bertz CT molecular complexity index is 998. The van der Waals surface area contributed by atoms with Crippen LogP contribution in [0.25, 0.3) is 10.8 Å². The first-order valence-corrected chi connectivity index (χ1v) is 8.20. The van der Waals surface area contributed by atoms with Gasteiger partial charge in [-0.1, -0.05) is 53.5 Å². The normalized spacial score (nSPS) is 19.8. The SMILES string of the molecule is CC1(O)C(=O)N(c2ccc3ccccc3c2)c2cc(Cl)cc(Cl)c21. The number of amides is 1. The van der Waals surface area contributed by atoms with Crippen LogP contribution in [0, 0.1) is 0 Å². The number of aliphatic hydroxyl groups is 1. The first-order chi connectivity index (χ1) is 11.4. The summed E-state index contributed by atoms with van der Waals surface area (Å²) in [7, 11) is 0. The first-order valence-electron chi connectivity index (χ1n) is 7.45. The van der Waals surface area contributed by atoms with Gasteiger partial charge in [-0.25, -0.2) is 0 Å². The van der Waals surface area contributed by atoms with Gasteiger partial charge in [0, 0.05) is 16.3 Å². The molecule has 1 amide bonds. The number of rotatable bonds is 1. The Kier molecular flexibility index (Phi) is 3.36. The standard InChI is InChI=1S/C19H13Cl2NO2/c1-19(24)17-15(21)9-13(20)10-16(17)22(18(19)23)14-7-6-11-4-2-3-5-12(11)8-14/h2-10,24H,1H3. The number of hydrogen-bond acceptors (Lipinski definition) is 2. The smallest absolute Gasteiger partial charge is 0.267 e. The molecule has 1 aliphatic heterocycles. The molecule has 0 saturated heterocycles. The van der Waals surface area contributed by atoms with Crippen LogP contribution in [0.4, 0.5) is 11.4 Å². The molecule has 0 spiro atoms. The van der Waals surface area contributed by atoms with Crippen LogP contribution in [-0.2, 0) is 10.4 Å². The summed E-state index contributed by atoms with van der Waals surface area (Å²) >= 11 is 12.4. The average molecular weight is 358 g/mol. The Morgan fingerprint density at radius 2 is 1.71 bits per heavy atom. The minimum absolute atomic E-state index is 0.277. The van der Waals surface area contributed by atoms with Crippen molar-refractivity contribution in [3.63, 3.8) is 0 Å². The number of carbonyl (C=O) groups is 1. The van der Waals surface area contributed by atoms with Crippen LogP contribution in [0.2, 0.25) is 10.0 Å². The molecule has 5 heteroatoms.